The lowest BCUT2D eigenvalue weighted by Gasteiger charge is -2.22. The highest BCUT2D eigenvalue weighted by Gasteiger charge is 2.28. The highest BCUT2D eigenvalue weighted by molar-refractivity contribution is 6.20. The topological polar surface area (TPSA) is 73.6 Å². The Morgan fingerprint density at radius 3 is 2.17 bits per heavy atom. The average Bonchev–Trinajstić information content (AvgIpc) is 3.32. The third kappa shape index (κ3) is 4.52. The van der Waals surface area contributed by atoms with Gasteiger partial charge in [-0.15, -0.1) is 0 Å². The van der Waals surface area contributed by atoms with E-state index in [0.29, 0.717) is 27.4 Å². The maximum absolute atomic E-state index is 13.5. The zero-order chi connectivity index (χ0) is 27.6. The van der Waals surface area contributed by atoms with E-state index in [0.717, 1.165) is 16.7 Å². The normalized spacial score (nSPS) is 11.3. The second kappa shape index (κ2) is 10.5. The van der Waals surface area contributed by atoms with E-state index in [1.165, 1.54) is 19.2 Å². The minimum atomic E-state index is -0.559. The number of aromatic nitrogens is 2. The summed E-state index contributed by atoms with van der Waals surface area (Å²) in [4.78, 5) is 17.7. The number of fused-ring (bicyclic) bond motifs is 2. The predicted octanol–water partition coefficient (Wildman–Crippen LogP) is 7.04. The number of esters is 1. The third-order valence-electron chi connectivity index (χ3n) is 6.93. The number of methoxy groups -OCH3 is 1. The Balaban J connectivity index is 1.62. The summed E-state index contributed by atoms with van der Waals surface area (Å²) in [5.41, 5.74) is 3.29. The molecule has 0 spiro atoms. The van der Waals surface area contributed by atoms with E-state index in [4.69, 9.17) is 9.47 Å². The fraction of sp³-hybridized carbons (Fsp3) is 0.0909. The molecule has 40 heavy (non-hydrogen) atoms. The molecule has 6 nitrogen and oxygen atoms in total. The molecule has 0 atom stereocenters. The molecule has 0 saturated heterocycles. The number of hydrogen-bond donors (Lipinski definition) is 1. The van der Waals surface area contributed by atoms with E-state index in [2.05, 4.69) is 4.98 Å². The molecule has 0 saturated carbocycles. The number of benzene rings is 4. The first-order valence-corrected chi connectivity index (χ1v) is 12.8. The van der Waals surface area contributed by atoms with Gasteiger partial charge in [0.05, 0.1) is 24.6 Å². The molecule has 2 heterocycles. The van der Waals surface area contributed by atoms with Crippen LogP contribution in [0.1, 0.15) is 33.2 Å². The van der Waals surface area contributed by atoms with Gasteiger partial charge in [0.2, 0.25) is 5.88 Å². The molecule has 0 amide bonds. The number of hydrogen-bond acceptors (Lipinski definition) is 5. The molecule has 0 radical (unpaired) electrons. The molecule has 4 aromatic carbocycles. The second-order valence-corrected chi connectivity index (χ2v) is 9.41. The zero-order valence-electron chi connectivity index (χ0n) is 21.6. The summed E-state index contributed by atoms with van der Waals surface area (Å²) in [5.74, 6) is -0.672. The molecule has 6 aromatic rings. The van der Waals surface area contributed by atoms with Gasteiger partial charge < -0.3 is 19.1 Å². The zero-order valence-corrected chi connectivity index (χ0v) is 21.6. The number of carbonyl (C=O) groups is 1. The first-order valence-electron chi connectivity index (χ1n) is 12.8. The Bertz CT molecular complexity index is 1780. The van der Waals surface area contributed by atoms with Crippen LogP contribution in [0.3, 0.4) is 0 Å². The van der Waals surface area contributed by atoms with Gasteiger partial charge in [0, 0.05) is 23.2 Å². The van der Waals surface area contributed by atoms with Gasteiger partial charge in [-0.05, 0) is 34.9 Å². The lowest BCUT2D eigenvalue weighted by Crippen LogP contribution is -2.11. The quantitative estimate of drug-likeness (QED) is 0.223. The van der Waals surface area contributed by atoms with Crippen LogP contribution in [0.15, 0.2) is 109 Å². The lowest BCUT2D eigenvalue weighted by atomic mass is 9.99. The van der Waals surface area contributed by atoms with Gasteiger partial charge in [-0.25, -0.2) is 9.18 Å². The van der Waals surface area contributed by atoms with Crippen molar-refractivity contribution in [1.82, 2.24) is 9.55 Å². The Morgan fingerprint density at radius 1 is 0.900 bits per heavy atom. The van der Waals surface area contributed by atoms with Gasteiger partial charge in [0.25, 0.3) is 0 Å². The van der Waals surface area contributed by atoms with Gasteiger partial charge in [-0.1, -0.05) is 78.9 Å². The summed E-state index contributed by atoms with van der Waals surface area (Å²) < 4.78 is 27.1. The number of ether oxygens (including phenoxy) is 2. The van der Waals surface area contributed by atoms with Crippen molar-refractivity contribution in [3.05, 3.63) is 138 Å². The molecule has 198 valence electrons. The number of aromatic hydroxyl groups is 1. The first kappa shape index (κ1) is 25.1. The van der Waals surface area contributed by atoms with Crippen LogP contribution in [0.4, 0.5) is 4.39 Å². The molecule has 0 aliphatic rings. The van der Waals surface area contributed by atoms with Gasteiger partial charge >= 0.3 is 5.97 Å². The number of pyridine rings is 1. The van der Waals surface area contributed by atoms with Gasteiger partial charge in [-0.2, -0.15) is 0 Å². The largest absolute Gasteiger partial charge is 0.494 e. The van der Waals surface area contributed by atoms with Crippen LogP contribution in [0.25, 0.3) is 21.7 Å². The monoisotopic (exact) mass is 532 g/mol. The van der Waals surface area contributed by atoms with E-state index >= 15 is 0 Å². The van der Waals surface area contributed by atoms with Crippen LogP contribution in [-0.4, -0.2) is 27.7 Å². The molecule has 6 rings (SSSR count). The molecule has 0 aliphatic carbocycles. The third-order valence-corrected chi connectivity index (χ3v) is 6.93. The first-order chi connectivity index (χ1) is 19.5. The molecular weight excluding hydrogens is 507 g/mol. The number of rotatable bonds is 7. The molecular formula is C33H25FN2O4. The van der Waals surface area contributed by atoms with Gasteiger partial charge in [-0.3, -0.25) is 4.98 Å². The molecule has 0 unspecified atom stereocenters. The summed E-state index contributed by atoms with van der Waals surface area (Å²) in [5, 5.41) is 12.9. The SMILES string of the molecule is COC(=O)c1c2cccnc2c(OC(c2ccccc2)c2ccccc2)c2c(O)n(Cc3ccc(F)cc3)cc12. The standard InChI is InChI=1S/C33H25FN2O4/c1-39-33(38)27-25-13-8-18-35-29(25)31(40-30(22-9-4-2-5-10-22)23-11-6-3-7-12-23)28-26(27)20-36(32(28)37)19-21-14-16-24(34)17-15-21/h2-18,20,30,37H,19H2,1H3. The van der Waals surface area contributed by atoms with E-state index in [1.807, 2.05) is 60.7 Å². The van der Waals surface area contributed by atoms with E-state index < -0.39 is 12.1 Å². The van der Waals surface area contributed by atoms with E-state index in [-0.39, 0.29) is 23.8 Å². The average molecular weight is 533 g/mol. The van der Waals surface area contributed by atoms with E-state index in [9.17, 15) is 14.3 Å². The van der Waals surface area contributed by atoms with Crippen molar-refractivity contribution in [2.75, 3.05) is 7.11 Å². The van der Waals surface area contributed by atoms with Crippen LogP contribution in [0, 0.1) is 5.82 Å². The molecule has 0 bridgehead atoms. The summed E-state index contributed by atoms with van der Waals surface area (Å²) in [6, 6.07) is 29.1. The van der Waals surface area contributed by atoms with E-state index in [1.54, 1.807) is 41.2 Å². The number of carbonyl (C=O) groups excluding carboxylic acids is 1. The molecule has 2 aromatic heterocycles. The fourth-order valence-corrected chi connectivity index (χ4v) is 5.06. The maximum atomic E-state index is 13.5. The molecule has 0 aliphatic heterocycles. The minimum Gasteiger partial charge on any atom is -0.494 e. The van der Waals surface area contributed by atoms with Crippen LogP contribution in [0.2, 0.25) is 0 Å². The second-order valence-electron chi connectivity index (χ2n) is 9.41. The predicted molar refractivity (Wildman–Crippen MR) is 151 cm³/mol. The maximum Gasteiger partial charge on any atom is 0.339 e. The number of halogens is 1. The van der Waals surface area contributed by atoms with Crippen molar-refractivity contribution in [3.63, 3.8) is 0 Å². The van der Waals surface area contributed by atoms with Crippen LogP contribution >= 0.6 is 0 Å². The van der Waals surface area contributed by atoms with Crippen LogP contribution in [0.5, 0.6) is 11.6 Å². The minimum absolute atomic E-state index is 0.105. The van der Waals surface area contributed by atoms with Gasteiger partial charge in [0.1, 0.15) is 17.4 Å². The van der Waals surface area contributed by atoms with Crippen LogP contribution < -0.4 is 4.74 Å². The molecule has 0 fully saturated rings. The smallest absolute Gasteiger partial charge is 0.339 e. The Kier molecular flexibility index (Phi) is 6.62. The van der Waals surface area contributed by atoms with Crippen molar-refractivity contribution >= 4 is 27.6 Å². The van der Waals surface area contributed by atoms with Crippen molar-refractivity contribution < 1.29 is 23.8 Å². The Hall–Kier alpha value is -5.17. The number of nitrogens with zero attached hydrogens (tertiary/aromatic N) is 2. The Morgan fingerprint density at radius 2 is 1.55 bits per heavy atom. The highest BCUT2D eigenvalue weighted by atomic mass is 19.1. The Labute approximate surface area is 229 Å². The highest BCUT2D eigenvalue weighted by Crippen LogP contribution is 2.45. The van der Waals surface area contributed by atoms with Crippen molar-refractivity contribution in [2.45, 2.75) is 12.6 Å². The fourth-order valence-electron chi connectivity index (χ4n) is 5.06. The molecule has 7 heteroatoms. The summed E-state index contributed by atoms with van der Waals surface area (Å²) in [6.45, 7) is 0.241. The lowest BCUT2D eigenvalue weighted by molar-refractivity contribution is 0.0605. The summed E-state index contributed by atoms with van der Waals surface area (Å²) >= 11 is 0. The van der Waals surface area contributed by atoms with Crippen molar-refractivity contribution in [1.29, 1.82) is 0 Å². The summed E-state index contributed by atoms with van der Waals surface area (Å²) in [7, 11) is 1.32. The van der Waals surface area contributed by atoms with Crippen LogP contribution in [-0.2, 0) is 11.3 Å². The van der Waals surface area contributed by atoms with Crippen molar-refractivity contribution in [3.8, 4) is 11.6 Å². The molecule has 1 N–H and O–H groups in total. The van der Waals surface area contributed by atoms with Gasteiger partial charge in [0.15, 0.2) is 5.75 Å². The van der Waals surface area contributed by atoms with Crippen molar-refractivity contribution in [2.24, 2.45) is 0 Å². The summed E-state index contributed by atoms with van der Waals surface area (Å²) in [6.07, 6.45) is 2.79.